The number of aromatic nitrogens is 1. The normalized spacial score (nSPS) is 10.5. The van der Waals surface area contributed by atoms with Gasteiger partial charge in [0.1, 0.15) is 11.5 Å². The monoisotopic (exact) mass is 269 g/mol. The molecule has 0 fully saturated rings. The van der Waals surface area contributed by atoms with Gasteiger partial charge in [-0.25, -0.2) is 0 Å². The molecular weight excluding hydrogens is 254 g/mol. The number of carbonyl (C=O) groups excluding carboxylic acids is 1. The molecule has 0 aliphatic rings. The van der Waals surface area contributed by atoms with Gasteiger partial charge < -0.3 is 9.47 Å². The summed E-state index contributed by atoms with van der Waals surface area (Å²) in [6, 6.07) is 8.78. The van der Waals surface area contributed by atoms with Crippen molar-refractivity contribution in [1.29, 1.82) is 0 Å². The number of ether oxygens (including phenoxy) is 2. The molecule has 4 heteroatoms. The Morgan fingerprint density at radius 3 is 2.40 bits per heavy atom. The maximum Gasteiger partial charge on any atom is 0.186 e. The van der Waals surface area contributed by atoms with Crippen LogP contribution < -0.4 is 9.47 Å². The SMILES string of the molecule is COc1cc(OC)cc(C(=O)C=Cc2cccnc2)c1. The van der Waals surface area contributed by atoms with Gasteiger partial charge in [-0.3, -0.25) is 9.78 Å². The lowest BCUT2D eigenvalue weighted by Crippen LogP contribution is -1.97. The summed E-state index contributed by atoms with van der Waals surface area (Å²) < 4.78 is 10.3. The molecule has 0 aliphatic heterocycles. The number of hydrogen-bond acceptors (Lipinski definition) is 4. The second-order valence-corrected chi connectivity index (χ2v) is 4.09. The Kier molecular flexibility index (Phi) is 4.50. The van der Waals surface area contributed by atoms with E-state index >= 15 is 0 Å². The number of ketones is 1. The van der Waals surface area contributed by atoms with E-state index < -0.39 is 0 Å². The van der Waals surface area contributed by atoms with Gasteiger partial charge in [0.15, 0.2) is 5.78 Å². The van der Waals surface area contributed by atoms with E-state index in [-0.39, 0.29) is 5.78 Å². The third kappa shape index (κ3) is 3.45. The van der Waals surface area contributed by atoms with E-state index in [0.717, 1.165) is 5.56 Å². The van der Waals surface area contributed by atoms with Crippen molar-refractivity contribution in [2.24, 2.45) is 0 Å². The van der Waals surface area contributed by atoms with Gasteiger partial charge in [-0.1, -0.05) is 6.07 Å². The molecule has 20 heavy (non-hydrogen) atoms. The fraction of sp³-hybridized carbons (Fsp3) is 0.125. The molecule has 0 spiro atoms. The van der Waals surface area contributed by atoms with E-state index in [2.05, 4.69) is 4.98 Å². The van der Waals surface area contributed by atoms with Gasteiger partial charge in [0.05, 0.1) is 14.2 Å². The molecule has 2 aromatic rings. The summed E-state index contributed by atoms with van der Waals surface area (Å²) in [5.41, 5.74) is 1.39. The van der Waals surface area contributed by atoms with Crippen LogP contribution in [0.1, 0.15) is 15.9 Å². The van der Waals surface area contributed by atoms with Gasteiger partial charge in [-0.05, 0) is 35.9 Å². The highest BCUT2D eigenvalue weighted by molar-refractivity contribution is 6.07. The zero-order valence-electron chi connectivity index (χ0n) is 11.4. The van der Waals surface area contributed by atoms with Crippen LogP contribution >= 0.6 is 0 Å². The molecule has 0 N–H and O–H groups in total. The maximum absolute atomic E-state index is 12.1. The average molecular weight is 269 g/mol. The second kappa shape index (κ2) is 6.52. The Labute approximate surface area is 117 Å². The van der Waals surface area contributed by atoms with E-state index in [0.29, 0.717) is 17.1 Å². The summed E-state index contributed by atoms with van der Waals surface area (Å²) in [7, 11) is 3.10. The highest BCUT2D eigenvalue weighted by Crippen LogP contribution is 2.23. The Morgan fingerprint density at radius 2 is 1.85 bits per heavy atom. The summed E-state index contributed by atoms with van der Waals surface area (Å²) >= 11 is 0. The minimum atomic E-state index is -0.119. The smallest absolute Gasteiger partial charge is 0.186 e. The lowest BCUT2D eigenvalue weighted by atomic mass is 10.1. The Balaban J connectivity index is 2.23. The van der Waals surface area contributed by atoms with Crippen molar-refractivity contribution in [1.82, 2.24) is 4.98 Å². The van der Waals surface area contributed by atoms with Crippen LogP contribution in [0.3, 0.4) is 0 Å². The molecule has 1 heterocycles. The van der Waals surface area contributed by atoms with Gasteiger partial charge in [0, 0.05) is 24.0 Å². The number of carbonyl (C=O) groups is 1. The summed E-state index contributed by atoms with van der Waals surface area (Å²) in [4.78, 5) is 16.1. The molecule has 0 radical (unpaired) electrons. The minimum Gasteiger partial charge on any atom is -0.497 e. The van der Waals surface area contributed by atoms with Gasteiger partial charge in [-0.15, -0.1) is 0 Å². The molecule has 0 saturated heterocycles. The summed E-state index contributed by atoms with van der Waals surface area (Å²) in [6.07, 6.45) is 6.61. The molecule has 0 saturated carbocycles. The zero-order valence-corrected chi connectivity index (χ0v) is 11.4. The molecule has 102 valence electrons. The number of methoxy groups -OCH3 is 2. The Morgan fingerprint density at radius 1 is 1.15 bits per heavy atom. The quantitative estimate of drug-likeness (QED) is 0.618. The van der Waals surface area contributed by atoms with E-state index in [1.165, 1.54) is 6.08 Å². The van der Waals surface area contributed by atoms with Crippen molar-refractivity contribution < 1.29 is 14.3 Å². The fourth-order valence-corrected chi connectivity index (χ4v) is 1.69. The first kappa shape index (κ1) is 13.8. The highest BCUT2D eigenvalue weighted by Gasteiger charge is 2.07. The lowest BCUT2D eigenvalue weighted by Gasteiger charge is -2.06. The van der Waals surface area contributed by atoms with Crippen molar-refractivity contribution >= 4 is 11.9 Å². The predicted octanol–water partition coefficient (Wildman–Crippen LogP) is 2.99. The number of nitrogens with zero attached hydrogens (tertiary/aromatic N) is 1. The van der Waals surface area contributed by atoms with Crippen molar-refractivity contribution in [2.75, 3.05) is 14.2 Å². The van der Waals surface area contributed by atoms with Gasteiger partial charge in [-0.2, -0.15) is 0 Å². The van der Waals surface area contributed by atoms with Crippen LogP contribution in [0, 0.1) is 0 Å². The molecule has 0 atom stereocenters. The maximum atomic E-state index is 12.1. The topological polar surface area (TPSA) is 48.4 Å². The van der Waals surface area contributed by atoms with Gasteiger partial charge in [0.2, 0.25) is 0 Å². The summed E-state index contributed by atoms with van der Waals surface area (Å²) in [5.74, 6) is 1.05. The van der Waals surface area contributed by atoms with Crippen molar-refractivity contribution in [3.05, 3.63) is 59.9 Å². The average Bonchev–Trinajstić information content (AvgIpc) is 2.52. The van der Waals surface area contributed by atoms with Crippen LogP contribution in [-0.4, -0.2) is 25.0 Å². The van der Waals surface area contributed by atoms with E-state index in [1.54, 1.807) is 50.9 Å². The molecule has 0 amide bonds. The zero-order chi connectivity index (χ0) is 14.4. The van der Waals surface area contributed by atoms with Crippen LogP contribution in [0.2, 0.25) is 0 Å². The first-order valence-electron chi connectivity index (χ1n) is 6.08. The third-order valence-electron chi connectivity index (χ3n) is 2.75. The standard InChI is InChI=1S/C16H15NO3/c1-19-14-8-13(9-15(10-14)20-2)16(18)6-5-12-4-3-7-17-11-12/h3-11H,1-2H3. The Hall–Kier alpha value is -2.62. The molecule has 4 nitrogen and oxygen atoms in total. The molecule has 0 bridgehead atoms. The molecule has 1 aromatic heterocycles. The van der Waals surface area contributed by atoms with E-state index in [1.807, 2.05) is 12.1 Å². The van der Waals surface area contributed by atoms with Gasteiger partial charge in [0.25, 0.3) is 0 Å². The molecular formula is C16H15NO3. The molecule has 2 rings (SSSR count). The van der Waals surface area contributed by atoms with E-state index in [4.69, 9.17) is 9.47 Å². The number of pyridine rings is 1. The lowest BCUT2D eigenvalue weighted by molar-refractivity contribution is 0.104. The highest BCUT2D eigenvalue weighted by atomic mass is 16.5. The van der Waals surface area contributed by atoms with Gasteiger partial charge >= 0.3 is 0 Å². The number of hydrogen-bond donors (Lipinski definition) is 0. The van der Waals surface area contributed by atoms with Crippen molar-refractivity contribution in [2.45, 2.75) is 0 Å². The van der Waals surface area contributed by atoms with Crippen LogP contribution in [-0.2, 0) is 0 Å². The van der Waals surface area contributed by atoms with Crippen LogP contribution in [0.5, 0.6) is 11.5 Å². The van der Waals surface area contributed by atoms with Crippen molar-refractivity contribution in [3.63, 3.8) is 0 Å². The van der Waals surface area contributed by atoms with Crippen molar-refractivity contribution in [3.8, 4) is 11.5 Å². The van der Waals surface area contributed by atoms with Crippen LogP contribution in [0.25, 0.3) is 6.08 Å². The number of rotatable bonds is 5. The molecule has 0 aliphatic carbocycles. The fourth-order valence-electron chi connectivity index (χ4n) is 1.69. The number of allylic oxidation sites excluding steroid dienone is 1. The number of benzene rings is 1. The largest absolute Gasteiger partial charge is 0.497 e. The summed E-state index contributed by atoms with van der Waals surface area (Å²) in [5, 5.41) is 0. The first-order valence-corrected chi connectivity index (χ1v) is 6.08. The predicted molar refractivity (Wildman–Crippen MR) is 77.1 cm³/mol. The molecule has 0 unspecified atom stereocenters. The first-order chi connectivity index (χ1) is 9.72. The van der Waals surface area contributed by atoms with Crippen LogP contribution in [0.15, 0.2) is 48.8 Å². The van der Waals surface area contributed by atoms with Crippen LogP contribution in [0.4, 0.5) is 0 Å². The second-order valence-electron chi connectivity index (χ2n) is 4.09. The molecule has 1 aromatic carbocycles. The third-order valence-corrected chi connectivity index (χ3v) is 2.75. The Bertz CT molecular complexity index is 599. The summed E-state index contributed by atoms with van der Waals surface area (Å²) in [6.45, 7) is 0. The minimum absolute atomic E-state index is 0.119. The van der Waals surface area contributed by atoms with E-state index in [9.17, 15) is 4.79 Å².